The summed E-state index contributed by atoms with van der Waals surface area (Å²) in [6.45, 7) is 4.82. The third kappa shape index (κ3) is 5.44. The van der Waals surface area contributed by atoms with E-state index in [0.717, 1.165) is 25.6 Å². The maximum atomic E-state index is 12.6. The lowest BCUT2D eigenvalue weighted by molar-refractivity contribution is -0.402. The molecule has 2 heterocycles. The van der Waals surface area contributed by atoms with Crippen molar-refractivity contribution in [2.45, 2.75) is 38.6 Å². The number of hydrogen-bond acceptors (Lipinski definition) is 6. The molecule has 1 aliphatic heterocycles. The van der Waals surface area contributed by atoms with Gasteiger partial charge in [0, 0.05) is 19.1 Å². The minimum Gasteiger partial charge on any atom is -0.395 e. The first-order valence-electron chi connectivity index (χ1n) is 10.1. The molecule has 1 aliphatic rings. The zero-order valence-corrected chi connectivity index (χ0v) is 16.9. The number of carbonyl (C=O) groups excluding carboxylic acids is 2. The second kappa shape index (κ2) is 10.0. The topological polar surface area (TPSA) is 118 Å². The van der Waals surface area contributed by atoms with Crippen molar-refractivity contribution in [1.29, 1.82) is 0 Å². The van der Waals surface area contributed by atoms with Gasteiger partial charge in [0.15, 0.2) is 5.76 Å². The predicted molar refractivity (Wildman–Crippen MR) is 112 cm³/mol. The molecule has 0 radical (unpaired) electrons. The first-order chi connectivity index (χ1) is 14.5. The van der Waals surface area contributed by atoms with Crippen molar-refractivity contribution in [2.75, 3.05) is 25.0 Å². The summed E-state index contributed by atoms with van der Waals surface area (Å²) in [5.41, 5.74) is 0.627. The van der Waals surface area contributed by atoms with Crippen LogP contribution in [0.5, 0.6) is 0 Å². The van der Waals surface area contributed by atoms with Gasteiger partial charge in [-0.3, -0.25) is 19.7 Å². The van der Waals surface area contributed by atoms with E-state index in [2.05, 4.69) is 22.5 Å². The van der Waals surface area contributed by atoms with Gasteiger partial charge in [0.25, 0.3) is 11.8 Å². The molecule has 2 amide bonds. The number of para-hydroxylation sites is 1. The molecule has 1 atom stereocenters. The predicted octanol–water partition coefficient (Wildman–Crippen LogP) is 3.43. The molecule has 0 bridgehead atoms. The van der Waals surface area contributed by atoms with Crippen molar-refractivity contribution >= 4 is 23.4 Å². The second-order valence-corrected chi connectivity index (χ2v) is 7.38. The fourth-order valence-corrected chi connectivity index (χ4v) is 3.59. The smallest absolute Gasteiger partial charge is 0.395 e. The van der Waals surface area contributed by atoms with Gasteiger partial charge in [-0.25, -0.2) is 0 Å². The van der Waals surface area contributed by atoms with Crippen LogP contribution in [0.1, 0.15) is 53.5 Å². The maximum Gasteiger partial charge on any atom is 0.433 e. The lowest BCUT2D eigenvalue weighted by Gasteiger charge is -2.33. The number of benzene rings is 1. The van der Waals surface area contributed by atoms with Crippen LogP contribution in [0, 0.1) is 10.1 Å². The van der Waals surface area contributed by atoms with Crippen LogP contribution in [0.3, 0.4) is 0 Å². The average molecular weight is 414 g/mol. The van der Waals surface area contributed by atoms with Gasteiger partial charge < -0.3 is 20.0 Å². The van der Waals surface area contributed by atoms with Crippen molar-refractivity contribution in [3.8, 4) is 0 Å². The third-order valence-corrected chi connectivity index (χ3v) is 5.26. The molecule has 1 fully saturated rings. The zero-order chi connectivity index (χ0) is 21.5. The molecule has 1 saturated heterocycles. The van der Waals surface area contributed by atoms with E-state index in [9.17, 15) is 19.7 Å². The Balaban J connectivity index is 1.55. The van der Waals surface area contributed by atoms with Crippen LogP contribution in [0.15, 0.2) is 40.8 Å². The fourth-order valence-electron chi connectivity index (χ4n) is 3.59. The van der Waals surface area contributed by atoms with Crippen molar-refractivity contribution in [3.05, 3.63) is 57.8 Å². The normalized spacial score (nSPS) is 16.8. The van der Waals surface area contributed by atoms with E-state index in [1.807, 2.05) is 0 Å². The third-order valence-electron chi connectivity index (χ3n) is 5.26. The first-order valence-corrected chi connectivity index (χ1v) is 10.1. The van der Waals surface area contributed by atoms with Crippen LogP contribution >= 0.6 is 0 Å². The Morgan fingerprint density at radius 3 is 2.73 bits per heavy atom. The Labute approximate surface area is 174 Å². The van der Waals surface area contributed by atoms with Crippen LogP contribution in [0.2, 0.25) is 0 Å². The number of hydrogen-bond donors (Lipinski definition) is 2. The van der Waals surface area contributed by atoms with E-state index in [4.69, 9.17) is 4.42 Å². The van der Waals surface area contributed by atoms with Gasteiger partial charge in [-0.15, -0.1) is 0 Å². The molecule has 0 saturated carbocycles. The second-order valence-electron chi connectivity index (χ2n) is 7.38. The number of nitro groups is 1. The van der Waals surface area contributed by atoms with Gasteiger partial charge in [-0.05, 0) is 50.9 Å². The number of likely N-dealkylation sites (tertiary alicyclic amines) is 1. The van der Waals surface area contributed by atoms with Crippen LogP contribution in [0.4, 0.5) is 11.6 Å². The fraction of sp³-hybridized carbons (Fsp3) is 0.429. The quantitative estimate of drug-likeness (QED) is 0.388. The SMILES string of the molecule is C[C@@H]1CCCCN1CCCNC(=O)c1ccccc1NC(=O)c1ccc([N+](=O)[O-])o1. The summed E-state index contributed by atoms with van der Waals surface area (Å²) in [6, 6.07) is 9.52. The summed E-state index contributed by atoms with van der Waals surface area (Å²) in [4.78, 5) is 37.4. The van der Waals surface area contributed by atoms with Gasteiger partial charge in [0.1, 0.15) is 4.92 Å². The Morgan fingerprint density at radius 1 is 1.20 bits per heavy atom. The zero-order valence-electron chi connectivity index (χ0n) is 16.9. The number of nitrogens with zero attached hydrogens (tertiary/aromatic N) is 2. The molecular formula is C21H26N4O5. The van der Waals surface area contributed by atoms with E-state index < -0.39 is 16.7 Å². The molecule has 30 heavy (non-hydrogen) atoms. The lowest BCUT2D eigenvalue weighted by Crippen LogP contribution is -2.39. The number of amides is 2. The van der Waals surface area contributed by atoms with Gasteiger partial charge in [0.05, 0.1) is 17.3 Å². The molecule has 160 valence electrons. The monoisotopic (exact) mass is 414 g/mol. The molecular weight excluding hydrogens is 388 g/mol. The molecule has 0 spiro atoms. The first kappa shape index (κ1) is 21.5. The lowest BCUT2D eigenvalue weighted by atomic mass is 10.0. The summed E-state index contributed by atoms with van der Waals surface area (Å²) in [5.74, 6) is -1.67. The Morgan fingerprint density at radius 2 is 2.00 bits per heavy atom. The molecule has 9 heteroatoms. The summed E-state index contributed by atoms with van der Waals surface area (Å²) >= 11 is 0. The highest BCUT2D eigenvalue weighted by molar-refractivity contribution is 6.07. The largest absolute Gasteiger partial charge is 0.433 e. The van der Waals surface area contributed by atoms with E-state index in [1.165, 1.54) is 25.3 Å². The molecule has 3 rings (SSSR count). The summed E-state index contributed by atoms with van der Waals surface area (Å²) in [6.07, 6.45) is 4.57. The van der Waals surface area contributed by atoms with Crippen molar-refractivity contribution in [3.63, 3.8) is 0 Å². The molecule has 2 aromatic rings. The summed E-state index contributed by atoms with van der Waals surface area (Å²) in [7, 11) is 0. The number of piperidine rings is 1. The number of carbonyl (C=O) groups is 2. The van der Waals surface area contributed by atoms with Crippen LogP contribution in [-0.2, 0) is 0 Å². The van der Waals surface area contributed by atoms with Crippen LogP contribution < -0.4 is 10.6 Å². The number of rotatable bonds is 8. The van der Waals surface area contributed by atoms with Gasteiger partial charge >= 0.3 is 5.88 Å². The Bertz CT molecular complexity index is 910. The minimum atomic E-state index is -0.719. The Hall–Kier alpha value is -3.20. The van der Waals surface area contributed by atoms with Crippen molar-refractivity contribution < 1.29 is 18.9 Å². The number of furan rings is 1. The summed E-state index contributed by atoms with van der Waals surface area (Å²) in [5, 5.41) is 16.2. The molecule has 0 aliphatic carbocycles. The van der Waals surface area contributed by atoms with Crippen LogP contribution in [-0.4, -0.2) is 47.3 Å². The maximum absolute atomic E-state index is 12.6. The van der Waals surface area contributed by atoms with E-state index in [-0.39, 0.29) is 11.7 Å². The highest BCUT2D eigenvalue weighted by atomic mass is 16.6. The molecule has 1 aromatic heterocycles. The van der Waals surface area contributed by atoms with Gasteiger partial charge in [0.2, 0.25) is 0 Å². The molecule has 2 N–H and O–H groups in total. The van der Waals surface area contributed by atoms with E-state index in [1.54, 1.807) is 24.3 Å². The minimum absolute atomic E-state index is 0.201. The Kier molecular flexibility index (Phi) is 7.18. The molecule has 9 nitrogen and oxygen atoms in total. The van der Waals surface area contributed by atoms with Crippen molar-refractivity contribution in [1.82, 2.24) is 10.2 Å². The van der Waals surface area contributed by atoms with E-state index >= 15 is 0 Å². The van der Waals surface area contributed by atoms with Crippen LogP contribution in [0.25, 0.3) is 0 Å². The van der Waals surface area contributed by atoms with Gasteiger partial charge in [-0.2, -0.15) is 0 Å². The van der Waals surface area contributed by atoms with Gasteiger partial charge in [-0.1, -0.05) is 18.6 Å². The van der Waals surface area contributed by atoms with Crippen molar-refractivity contribution in [2.24, 2.45) is 0 Å². The van der Waals surface area contributed by atoms with E-state index in [0.29, 0.717) is 23.8 Å². The molecule has 1 aromatic carbocycles. The number of nitrogens with one attached hydrogen (secondary N) is 2. The highest BCUT2D eigenvalue weighted by Crippen LogP contribution is 2.20. The highest BCUT2D eigenvalue weighted by Gasteiger charge is 2.20. The summed E-state index contributed by atoms with van der Waals surface area (Å²) < 4.78 is 4.91. The number of anilines is 1. The average Bonchev–Trinajstić information content (AvgIpc) is 3.23. The standard InChI is InChI=1S/C21H26N4O5/c1-15-7-4-5-13-24(15)14-6-12-22-20(26)16-8-2-3-9-17(16)23-21(27)18-10-11-19(30-18)25(28)29/h2-3,8-11,15H,4-7,12-14H2,1H3,(H,22,26)(H,23,27)/t15-/m1/s1. The molecule has 0 unspecified atom stereocenters.